The second kappa shape index (κ2) is 2.61. The highest BCUT2D eigenvalue weighted by atomic mass is 35.8. The minimum Gasteiger partial charge on any atom is -0.126 e. The zero-order valence-corrected chi connectivity index (χ0v) is 11.5. The van der Waals surface area contributed by atoms with Gasteiger partial charge in [0.2, 0.25) is 0 Å². The van der Waals surface area contributed by atoms with Crippen molar-refractivity contribution in [2.45, 2.75) is 39.2 Å². The molecule has 0 aromatic rings. The first-order valence-corrected chi connectivity index (χ1v) is 9.87. The summed E-state index contributed by atoms with van der Waals surface area (Å²) in [5, 5.41) is 0. The van der Waals surface area contributed by atoms with Crippen molar-refractivity contribution in [3.05, 3.63) is 0 Å². The van der Waals surface area contributed by atoms with E-state index in [1.54, 1.807) is 0 Å². The molecule has 3 aliphatic rings. The van der Waals surface area contributed by atoms with E-state index in [-0.39, 0.29) is 0 Å². The second-order valence-corrected chi connectivity index (χ2v) is 14.3. The molecule has 0 radical (unpaired) electrons. The molecule has 76 valence electrons. The lowest BCUT2D eigenvalue weighted by Gasteiger charge is -2.55. The number of hydrogen-bond acceptors (Lipinski definition) is 0. The van der Waals surface area contributed by atoms with Gasteiger partial charge >= 0.3 is 6.00 Å². The van der Waals surface area contributed by atoms with Gasteiger partial charge in [-0.05, 0) is 29.6 Å². The average molecular weight is 258 g/mol. The molecule has 0 spiro atoms. The molecule has 3 atom stereocenters. The van der Waals surface area contributed by atoms with Crippen molar-refractivity contribution in [3.8, 4) is 0 Å². The maximum Gasteiger partial charge on any atom is 0.344 e. The molecular weight excluding hydrogens is 243 g/mol. The van der Waals surface area contributed by atoms with Gasteiger partial charge < -0.3 is 0 Å². The van der Waals surface area contributed by atoms with Crippen molar-refractivity contribution < 1.29 is 0 Å². The lowest BCUT2D eigenvalue weighted by molar-refractivity contribution is -0.0393. The van der Waals surface area contributed by atoms with E-state index in [0.717, 1.165) is 12.3 Å². The largest absolute Gasteiger partial charge is 0.344 e. The van der Waals surface area contributed by atoms with Gasteiger partial charge in [0.15, 0.2) is 0 Å². The van der Waals surface area contributed by atoms with Gasteiger partial charge in [0.05, 0.1) is 0 Å². The number of halogens is 3. The van der Waals surface area contributed by atoms with Crippen molar-refractivity contribution in [2.24, 2.45) is 16.7 Å². The normalized spacial score (nSPS) is 47.5. The minimum atomic E-state index is -2.49. The van der Waals surface area contributed by atoms with Crippen LogP contribution in [0.5, 0.6) is 0 Å². The second-order valence-electron chi connectivity index (χ2n) is 5.37. The van der Waals surface area contributed by atoms with Crippen LogP contribution in [0.3, 0.4) is 0 Å². The van der Waals surface area contributed by atoms with Gasteiger partial charge in [-0.1, -0.05) is 20.8 Å². The summed E-state index contributed by atoms with van der Waals surface area (Å²) < 4.78 is 0. The zero-order chi connectivity index (χ0) is 10.1. The third-order valence-corrected chi connectivity index (χ3v) is 8.88. The first kappa shape index (κ1) is 10.6. The van der Waals surface area contributed by atoms with Crippen LogP contribution in [-0.2, 0) is 0 Å². The summed E-state index contributed by atoms with van der Waals surface area (Å²) in [5.74, 6) is 0.797. The molecule has 3 rings (SSSR count). The van der Waals surface area contributed by atoms with Crippen LogP contribution >= 0.6 is 33.2 Å². The highest BCUT2D eigenvalue weighted by molar-refractivity contribution is 7.65. The van der Waals surface area contributed by atoms with Gasteiger partial charge in [-0.25, -0.2) is 0 Å². The Labute approximate surface area is 95.1 Å². The molecule has 0 aromatic heterocycles. The molecule has 3 saturated carbocycles. The Hall–Kier alpha value is 1.09. The lowest BCUT2D eigenvalue weighted by Crippen LogP contribution is -2.49. The van der Waals surface area contributed by atoms with E-state index in [9.17, 15) is 0 Å². The predicted molar refractivity (Wildman–Crippen MR) is 61.7 cm³/mol. The molecular formula is C9H15Cl3Si. The highest BCUT2D eigenvalue weighted by Crippen LogP contribution is 2.78. The molecule has 0 amide bonds. The lowest BCUT2D eigenvalue weighted by atomic mass is 9.52. The number of fused-ring (bicyclic) bond motifs is 1. The van der Waals surface area contributed by atoms with Crippen LogP contribution in [0.15, 0.2) is 0 Å². The van der Waals surface area contributed by atoms with Crippen LogP contribution in [0.1, 0.15) is 33.6 Å². The van der Waals surface area contributed by atoms with E-state index < -0.39 is 6.00 Å². The van der Waals surface area contributed by atoms with Gasteiger partial charge in [-0.2, -0.15) is 0 Å². The van der Waals surface area contributed by atoms with E-state index >= 15 is 0 Å². The summed E-state index contributed by atoms with van der Waals surface area (Å²) in [4.78, 5) is 0. The molecule has 0 N–H and O–H groups in total. The highest BCUT2D eigenvalue weighted by Gasteiger charge is 2.70. The van der Waals surface area contributed by atoms with Crippen molar-refractivity contribution >= 4 is 39.2 Å². The van der Waals surface area contributed by atoms with Crippen LogP contribution in [0.4, 0.5) is 0 Å². The van der Waals surface area contributed by atoms with E-state index in [1.165, 1.54) is 6.42 Å². The fraction of sp³-hybridized carbons (Fsp3) is 1.00. The van der Waals surface area contributed by atoms with Crippen LogP contribution in [0, 0.1) is 16.7 Å². The van der Waals surface area contributed by atoms with Gasteiger partial charge in [-0.3, -0.25) is 0 Å². The smallest absolute Gasteiger partial charge is 0.126 e. The minimum absolute atomic E-state index is 0.301. The summed E-state index contributed by atoms with van der Waals surface area (Å²) >= 11 is 18.4. The Kier molecular flexibility index (Phi) is 2.12. The van der Waals surface area contributed by atoms with E-state index in [2.05, 4.69) is 20.8 Å². The van der Waals surface area contributed by atoms with Crippen LogP contribution < -0.4 is 0 Å². The van der Waals surface area contributed by atoms with Crippen molar-refractivity contribution in [3.63, 3.8) is 0 Å². The molecule has 3 unspecified atom stereocenters. The third-order valence-electron chi connectivity index (χ3n) is 4.85. The molecule has 0 aliphatic heterocycles. The summed E-state index contributed by atoms with van der Waals surface area (Å²) in [6.07, 6.45) is 2.41. The van der Waals surface area contributed by atoms with Crippen LogP contribution in [0.2, 0.25) is 5.54 Å². The van der Waals surface area contributed by atoms with Gasteiger partial charge in [-0.15, -0.1) is 33.2 Å². The average Bonchev–Trinajstić information content (AvgIpc) is 2.37. The summed E-state index contributed by atoms with van der Waals surface area (Å²) in [5.41, 5.74) is 1.08. The van der Waals surface area contributed by atoms with Gasteiger partial charge in [0, 0.05) is 5.54 Å². The first-order chi connectivity index (χ1) is 5.69. The maximum absolute atomic E-state index is 6.15. The predicted octanol–water partition coefficient (Wildman–Crippen LogP) is 4.47. The quantitative estimate of drug-likeness (QED) is 0.480. The zero-order valence-electron chi connectivity index (χ0n) is 8.20. The fourth-order valence-corrected chi connectivity index (χ4v) is 8.11. The Morgan fingerprint density at radius 2 is 1.69 bits per heavy atom. The molecule has 0 nitrogen and oxygen atoms in total. The molecule has 3 fully saturated rings. The topological polar surface area (TPSA) is 0 Å². The number of hydrogen-bond donors (Lipinski definition) is 0. The Bertz CT molecular complexity index is 246. The van der Waals surface area contributed by atoms with Crippen molar-refractivity contribution in [1.29, 1.82) is 0 Å². The Morgan fingerprint density at radius 3 is 1.85 bits per heavy atom. The van der Waals surface area contributed by atoms with Gasteiger partial charge in [0.25, 0.3) is 0 Å². The fourth-order valence-electron chi connectivity index (χ4n) is 3.37. The molecule has 3 aliphatic carbocycles. The summed E-state index contributed by atoms with van der Waals surface area (Å²) in [6.45, 7) is 6.95. The third kappa shape index (κ3) is 1.17. The Morgan fingerprint density at radius 1 is 1.15 bits per heavy atom. The summed E-state index contributed by atoms with van der Waals surface area (Å²) in [6, 6.07) is -2.49. The van der Waals surface area contributed by atoms with E-state index in [4.69, 9.17) is 33.2 Å². The van der Waals surface area contributed by atoms with Crippen molar-refractivity contribution in [1.82, 2.24) is 0 Å². The monoisotopic (exact) mass is 256 g/mol. The van der Waals surface area contributed by atoms with Crippen LogP contribution in [0.25, 0.3) is 0 Å². The molecule has 2 bridgehead atoms. The molecule has 4 heteroatoms. The molecule has 13 heavy (non-hydrogen) atoms. The number of rotatable bonds is 1. The molecule has 0 aromatic carbocycles. The maximum atomic E-state index is 6.15. The van der Waals surface area contributed by atoms with Crippen molar-refractivity contribution in [2.75, 3.05) is 0 Å². The SMILES string of the molecule is CC1(C)C2CC([Si](Cl)(Cl)Cl)C1(C)C2. The van der Waals surface area contributed by atoms with Gasteiger partial charge in [0.1, 0.15) is 0 Å². The molecule has 0 saturated heterocycles. The van der Waals surface area contributed by atoms with E-state index in [1.807, 2.05) is 0 Å². The standard InChI is InChI=1S/C9H15Cl3Si/c1-8(2)6-4-7(13(10,11)12)9(8,3)5-6/h6-7H,4-5H2,1-3H3. The molecule has 0 heterocycles. The first-order valence-electron chi connectivity index (χ1n) is 4.76. The Balaban J connectivity index is 2.30. The van der Waals surface area contributed by atoms with Crippen LogP contribution in [-0.4, -0.2) is 6.00 Å². The van der Waals surface area contributed by atoms with E-state index in [0.29, 0.717) is 16.4 Å². The summed E-state index contributed by atoms with van der Waals surface area (Å²) in [7, 11) is 0.